The van der Waals surface area contributed by atoms with E-state index in [0.717, 1.165) is 62.8 Å². The van der Waals surface area contributed by atoms with Crippen LogP contribution >= 0.6 is 11.3 Å². The molecular weight excluding hydrogens is 852 g/mol. The lowest BCUT2D eigenvalue weighted by molar-refractivity contribution is -0.147. The highest BCUT2D eigenvalue weighted by atomic mass is 32.1. The number of benzene rings is 1. The van der Waals surface area contributed by atoms with E-state index < -0.39 is 53.4 Å². The summed E-state index contributed by atoms with van der Waals surface area (Å²) in [7, 11) is 1.95. The molecule has 17 heteroatoms. The van der Waals surface area contributed by atoms with Crippen LogP contribution in [0, 0.1) is 23.1 Å². The zero-order chi connectivity index (χ0) is 48.4. The molecule has 1 saturated heterocycles. The molecule has 3 rings (SSSR count). The summed E-state index contributed by atoms with van der Waals surface area (Å²) < 4.78 is 21.2. The number of carbonyl (C=O) groups is 5. The zero-order valence-electron chi connectivity index (χ0n) is 40.6. The zero-order valence-corrected chi connectivity index (χ0v) is 41.5. The first-order valence-electron chi connectivity index (χ1n) is 23.7. The number of nitrogens with two attached hydrogens (primary N) is 1. The number of halogens is 1. The van der Waals surface area contributed by atoms with E-state index >= 15 is 9.18 Å². The Morgan fingerprint density at radius 3 is 2.38 bits per heavy atom. The van der Waals surface area contributed by atoms with Crippen molar-refractivity contribution in [2.24, 2.45) is 23.0 Å². The summed E-state index contributed by atoms with van der Waals surface area (Å²) in [6.45, 7) is 18.7. The molecule has 1 aromatic carbocycles. The first-order valence-corrected chi connectivity index (χ1v) is 24.6. The number of nitrogens with zero attached hydrogens (tertiary/aromatic N) is 3. The SMILES string of the molecule is CCCCCCN(C(=O)[C@@H](NC(=O)[C@H]1CCCCN1C)[C@@H](C)CC)[C@H](C[C@@H](OC(=O)NCCN)c1nc(C(=O)N[C@@H](Cc2ccc(NC(C)C)c(F)c2)CC(C)(C)C(=O)O)cs1)C(C)C. The van der Waals surface area contributed by atoms with Crippen molar-refractivity contribution in [3.8, 4) is 0 Å². The van der Waals surface area contributed by atoms with Crippen molar-refractivity contribution >= 4 is 46.8 Å². The molecular formula is C48H79FN8O7S. The molecule has 366 valence electrons. The van der Waals surface area contributed by atoms with E-state index in [1.54, 1.807) is 31.4 Å². The van der Waals surface area contributed by atoms with Crippen molar-refractivity contribution in [1.82, 2.24) is 30.7 Å². The molecule has 6 atom stereocenters. The minimum absolute atomic E-state index is 0.00921. The minimum Gasteiger partial charge on any atom is -0.481 e. The van der Waals surface area contributed by atoms with Gasteiger partial charge in [0.15, 0.2) is 6.10 Å². The van der Waals surface area contributed by atoms with E-state index in [9.17, 15) is 24.3 Å². The van der Waals surface area contributed by atoms with Gasteiger partial charge in [0.2, 0.25) is 11.8 Å². The van der Waals surface area contributed by atoms with Crippen molar-refractivity contribution in [3.63, 3.8) is 0 Å². The van der Waals surface area contributed by atoms with Gasteiger partial charge in [-0.1, -0.05) is 72.8 Å². The third-order valence-electron chi connectivity index (χ3n) is 12.3. The minimum atomic E-state index is -1.23. The molecule has 0 bridgehead atoms. The molecule has 15 nitrogen and oxygen atoms in total. The Labute approximate surface area is 391 Å². The number of hydrogen-bond donors (Lipinski definition) is 6. The summed E-state index contributed by atoms with van der Waals surface area (Å²) in [5.41, 5.74) is 5.40. The quantitative estimate of drug-likeness (QED) is 0.0483. The number of unbranched alkanes of at least 4 members (excludes halogenated alkanes) is 3. The third kappa shape index (κ3) is 17.1. The first-order chi connectivity index (χ1) is 30.7. The van der Waals surface area contributed by atoms with Gasteiger partial charge in [-0.15, -0.1) is 11.3 Å². The molecule has 1 aliphatic rings. The third-order valence-corrected chi connectivity index (χ3v) is 13.3. The lowest BCUT2D eigenvalue weighted by atomic mass is 9.84. The molecule has 2 heterocycles. The predicted octanol–water partition coefficient (Wildman–Crippen LogP) is 7.51. The fourth-order valence-electron chi connectivity index (χ4n) is 8.26. The standard InChI is InChI=1S/C48H79FN8O7S/c1-11-13-14-16-24-57(45(60)41(32(7)12-2)55-43(59)38-18-15-17-23-56(38)10)39(30(3)4)27-40(64-47(63)51-22-21-50)44-54-37(29-65-44)42(58)53-34(28-48(8,9)46(61)62)25-33-19-20-36(35(49)26-33)52-31(5)6/h19-20,26,29-32,34,38-41,52H,11-18,21-25,27-28,50H2,1-10H3,(H,51,63)(H,53,58)(H,55,59)(H,61,62)/t32-,34-,38+,39+,40+,41-/m0/s1. The molecule has 4 amide bonds. The first kappa shape index (κ1) is 55.0. The molecule has 0 radical (unpaired) electrons. The summed E-state index contributed by atoms with van der Waals surface area (Å²) in [5, 5.41) is 23.7. The van der Waals surface area contributed by atoms with E-state index in [4.69, 9.17) is 15.5 Å². The summed E-state index contributed by atoms with van der Waals surface area (Å²) >= 11 is 1.13. The Balaban J connectivity index is 2.01. The Bertz CT molecular complexity index is 1840. The van der Waals surface area contributed by atoms with E-state index in [1.165, 1.54) is 6.07 Å². The number of likely N-dealkylation sites (tertiary alicyclic amines) is 1. The molecule has 1 aromatic heterocycles. The van der Waals surface area contributed by atoms with Crippen LogP contribution in [0.4, 0.5) is 14.9 Å². The second kappa shape index (κ2) is 26.7. The van der Waals surface area contributed by atoms with Crippen LogP contribution in [0.15, 0.2) is 23.6 Å². The largest absolute Gasteiger partial charge is 0.481 e. The second-order valence-corrected chi connectivity index (χ2v) is 20.0. The molecule has 7 N–H and O–H groups in total. The fourth-order valence-corrected chi connectivity index (χ4v) is 9.10. The van der Waals surface area contributed by atoms with Crippen molar-refractivity contribution in [2.45, 2.75) is 169 Å². The number of alkyl carbamates (subject to hydrolysis) is 1. The molecule has 1 fully saturated rings. The number of amides is 4. The number of hydrogen-bond acceptors (Lipinski definition) is 11. The lowest BCUT2D eigenvalue weighted by Gasteiger charge is -2.40. The van der Waals surface area contributed by atoms with Gasteiger partial charge in [0.05, 0.1) is 17.1 Å². The Kier molecular flexibility index (Phi) is 22.6. The molecule has 2 aromatic rings. The Hall–Kier alpha value is -4.35. The Morgan fingerprint density at radius 2 is 1.78 bits per heavy atom. The van der Waals surface area contributed by atoms with Gasteiger partial charge in [-0.25, -0.2) is 14.2 Å². The van der Waals surface area contributed by atoms with Gasteiger partial charge in [0, 0.05) is 49.6 Å². The number of anilines is 1. The summed E-state index contributed by atoms with van der Waals surface area (Å²) in [4.78, 5) is 77.0. The van der Waals surface area contributed by atoms with Gasteiger partial charge in [-0.3, -0.25) is 24.1 Å². The maximum atomic E-state index is 15.1. The van der Waals surface area contributed by atoms with Crippen LogP contribution in [0.5, 0.6) is 0 Å². The van der Waals surface area contributed by atoms with E-state index in [-0.39, 0.29) is 73.8 Å². The topological polar surface area (TPSA) is 208 Å². The summed E-state index contributed by atoms with van der Waals surface area (Å²) in [6, 6.07) is 2.49. The van der Waals surface area contributed by atoms with Crippen molar-refractivity contribution < 1.29 is 38.2 Å². The number of ether oxygens (including phenoxy) is 1. The lowest BCUT2D eigenvalue weighted by Crippen LogP contribution is -2.59. The highest BCUT2D eigenvalue weighted by Crippen LogP contribution is 2.33. The number of thiazole rings is 1. The van der Waals surface area contributed by atoms with Crippen molar-refractivity contribution in [1.29, 1.82) is 0 Å². The summed E-state index contributed by atoms with van der Waals surface area (Å²) in [5.74, 6) is -2.71. The van der Waals surface area contributed by atoms with Crippen LogP contribution in [-0.2, 0) is 25.5 Å². The number of aliphatic carboxylic acids is 1. The number of likely N-dealkylation sites (N-methyl/N-ethyl adjacent to an activating group) is 1. The van der Waals surface area contributed by atoms with E-state index in [2.05, 4.69) is 33.1 Å². The number of piperidine rings is 1. The van der Waals surface area contributed by atoms with Gasteiger partial charge >= 0.3 is 12.1 Å². The fraction of sp³-hybridized carbons (Fsp3) is 0.708. The van der Waals surface area contributed by atoms with Gasteiger partial charge in [-0.2, -0.15) is 0 Å². The number of carboxylic acid groups (broad SMARTS) is 1. The predicted molar refractivity (Wildman–Crippen MR) is 255 cm³/mol. The number of carboxylic acids is 1. The van der Waals surface area contributed by atoms with Crippen LogP contribution in [0.1, 0.15) is 154 Å². The monoisotopic (exact) mass is 931 g/mol. The number of carbonyl (C=O) groups excluding carboxylic acids is 4. The van der Waals surface area contributed by atoms with Crippen molar-refractivity contribution in [2.75, 3.05) is 38.5 Å². The van der Waals surface area contributed by atoms with Crippen LogP contribution in [-0.4, -0.2) is 113 Å². The highest BCUT2D eigenvalue weighted by Gasteiger charge is 2.39. The molecule has 0 saturated carbocycles. The number of aromatic nitrogens is 1. The molecule has 0 aliphatic carbocycles. The van der Waals surface area contributed by atoms with Gasteiger partial charge in [0.1, 0.15) is 22.6 Å². The highest BCUT2D eigenvalue weighted by molar-refractivity contribution is 7.09. The molecule has 65 heavy (non-hydrogen) atoms. The summed E-state index contributed by atoms with van der Waals surface area (Å²) in [6.07, 6.45) is 5.63. The van der Waals surface area contributed by atoms with E-state index in [0.29, 0.717) is 29.2 Å². The maximum Gasteiger partial charge on any atom is 0.407 e. The molecule has 1 aliphatic heterocycles. The maximum absolute atomic E-state index is 15.1. The van der Waals surface area contributed by atoms with Gasteiger partial charge < -0.3 is 41.7 Å². The van der Waals surface area contributed by atoms with E-state index in [1.807, 2.05) is 53.5 Å². The molecule has 0 unspecified atom stereocenters. The average molecular weight is 931 g/mol. The van der Waals surface area contributed by atoms with Gasteiger partial charge in [-0.05, 0) is 103 Å². The Morgan fingerprint density at radius 1 is 1.06 bits per heavy atom. The second-order valence-electron chi connectivity index (χ2n) is 19.1. The van der Waals surface area contributed by atoms with Crippen LogP contribution < -0.4 is 27.0 Å². The normalized spacial score (nSPS) is 16.9. The van der Waals surface area contributed by atoms with Crippen LogP contribution in [0.3, 0.4) is 0 Å². The van der Waals surface area contributed by atoms with Crippen LogP contribution in [0.25, 0.3) is 0 Å². The van der Waals surface area contributed by atoms with Crippen molar-refractivity contribution in [3.05, 3.63) is 45.7 Å². The number of rotatable bonds is 27. The molecule has 0 spiro atoms. The number of nitrogens with one attached hydrogen (secondary N) is 4. The smallest absolute Gasteiger partial charge is 0.407 e. The van der Waals surface area contributed by atoms with Gasteiger partial charge in [0.25, 0.3) is 5.91 Å². The average Bonchev–Trinajstić information content (AvgIpc) is 3.75. The van der Waals surface area contributed by atoms with Crippen LogP contribution in [0.2, 0.25) is 0 Å².